The van der Waals surface area contributed by atoms with Gasteiger partial charge in [-0.2, -0.15) is 11.8 Å². The highest BCUT2D eigenvalue weighted by Gasteiger charge is 2.21. The molecule has 20 heavy (non-hydrogen) atoms. The minimum atomic E-state index is -0.532. The summed E-state index contributed by atoms with van der Waals surface area (Å²) in [4.78, 5) is 23.0. The van der Waals surface area contributed by atoms with Gasteiger partial charge >= 0.3 is 0 Å². The molecule has 3 N–H and O–H groups in total. The van der Waals surface area contributed by atoms with Crippen LogP contribution in [0, 0.1) is 5.82 Å². The molecule has 1 aromatic rings. The van der Waals surface area contributed by atoms with Gasteiger partial charge < -0.3 is 16.0 Å². The lowest BCUT2D eigenvalue weighted by Gasteiger charge is -2.22. The number of carbonyl (C=O) groups is 2. The number of amides is 2. The lowest BCUT2D eigenvalue weighted by molar-refractivity contribution is -0.117. The van der Waals surface area contributed by atoms with Gasteiger partial charge in [0.25, 0.3) is 0 Å². The van der Waals surface area contributed by atoms with Crippen LogP contribution in [0.3, 0.4) is 0 Å². The first-order valence-electron chi connectivity index (χ1n) is 6.25. The fourth-order valence-corrected chi connectivity index (χ4v) is 2.79. The Bertz CT molecular complexity index is 518. The van der Waals surface area contributed by atoms with E-state index in [1.807, 2.05) is 0 Å². The molecule has 0 saturated carbocycles. The number of hydrogen-bond acceptors (Lipinski definition) is 4. The van der Waals surface area contributed by atoms with Crippen molar-refractivity contribution in [1.29, 1.82) is 0 Å². The van der Waals surface area contributed by atoms with E-state index in [2.05, 4.69) is 16.0 Å². The molecule has 0 bridgehead atoms. The second kappa shape index (κ2) is 6.71. The third-order valence-corrected chi connectivity index (χ3v) is 3.84. The van der Waals surface area contributed by atoms with Crippen LogP contribution in [-0.2, 0) is 9.59 Å². The maximum atomic E-state index is 13.7. The Morgan fingerprint density at radius 2 is 2.20 bits per heavy atom. The zero-order valence-corrected chi connectivity index (χ0v) is 11.8. The van der Waals surface area contributed by atoms with Crippen molar-refractivity contribution < 1.29 is 14.0 Å². The zero-order chi connectivity index (χ0) is 14.5. The maximum Gasteiger partial charge on any atom is 0.242 e. The van der Waals surface area contributed by atoms with Crippen LogP contribution in [0.1, 0.15) is 6.92 Å². The first kappa shape index (κ1) is 14.8. The summed E-state index contributed by atoms with van der Waals surface area (Å²) in [6.45, 7) is 2.13. The van der Waals surface area contributed by atoms with Gasteiger partial charge in [-0.1, -0.05) is 0 Å². The number of carbonyl (C=O) groups excluding carboxylic acids is 2. The Labute approximate surface area is 120 Å². The molecular weight excluding hydrogens is 281 g/mol. The molecule has 0 aliphatic carbocycles. The first-order chi connectivity index (χ1) is 9.56. The quantitative estimate of drug-likeness (QED) is 0.789. The maximum absolute atomic E-state index is 13.7. The summed E-state index contributed by atoms with van der Waals surface area (Å²) in [6, 6.07) is 3.74. The molecule has 5 nitrogen and oxygen atoms in total. The van der Waals surface area contributed by atoms with E-state index < -0.39 is 5.82 Å². The molecule has 0 radical (unpaired) electrons. The standard InChI is InChI=1S/C13H16FN3O2S/c1-8(18)16-9-2-3-10(14)11(6-9)17-13(19)12-7-20-5-4-15-12/h2-3,6,12,15H,4-5,7H2,1H3,(H,16,18)(H,17,19). The van der Waals surface area contributed by atoms with Crippen LogP contribution < -0.4 is 16.0 Å². The molecule has 1 heterocycles. The van der Waals surface area contributed by atoms with Gasteiger partial charge in [0.1, 0.15) is 5.82 Å². The van der Waals surface area contributed by atoms with Gasteiger partial charge in [0.05, 0.1) is 11.7 Å². The summed E-state index contributed by atoms with van der Waals surface area (Å²) in [5.74, 6) is 0.584. The van der Waals surface area contributed by atoms with Crippen molar-refractivity contribution in [2.75, 3.05) is 28.7 Å². The van der Waals surface area contributed by atoms with E-state index in [1.165, 1.54) is 25.1 Å². The minimum absolute atomic E-state index is 0.0682. The van der Waals surface area contributed by atoms with Crippen LogP contribution in [0.25, 0.3) is 0 Å². The number of halogens is 1. The molecule has 2 rings (SSSR count). The fourth-order valence-electron chi connectivity index (χ4n) is 1.86. The highest BCUT2D eigenvalue weighted by atomic mass is 32.2. The Morgan fingerprint density at radius 3 is 2.85 bits per heavy atom. The molecule has 2 amide bonds. The molecule has 7 heteroatoms. The fraction of sp³-hybridized carbons (Fsp3) is 0.385. The SMILES string of the molecule is CC(=O)Nc1ccc(F)c(NC(=O)C2CSCCN2)c1. The number of rotatable bonds is 3. The molecular formula is C13H16FN3O2S. The second-order valence-corrected chi connectivity index (χ2v) is 5.60. The molecule has 1 aromatic carbocycles. The van der Waals surface area contributed by atoms with Gasteiger partial charge in [-0.15, -0.1) is 0 Å². The molecule has 1 fully saturated rings. The van der Waals surface area contributed by atoms with Crippen LogP contribution in [0.4, 0.5) is 15.8 Å². The Hall–Kier alpha value is -1.60. The highest BCUT2D eigenvalue weighted by molar-refractivity contribution is 7.99. The van der Waals surface area contributed by atoms with E-state index in [-0.39, 0.29) is 23.5 Å². The van der Waals surface area contributed by atoms with Crippen LogP contribution in [-0.4, -0.2) is 35.9 Å². The molecule has 0 aromatic heterocycles. The van der Waals surface area contributed by atoms with E-state index in [9.17, 15) is 14.0 Å². The van der Waals surface area contributed by atoms with Crippen molar-refractivity contribution in [3.63, 3.8) is 0 Å². The molecule has 1 aliphatic heterocycles. The van der Waals surface area contributed by atoms with Crippen molar-refractivity contribution in [1.82, 2.24) is 5.32 Å². The average Bonchev–Trinajstić information content (AvgIpc) is 2.43. The van der Waals surface area contributed by atoms with E-state index in [1.54, 1.807) is 11.8 Å². The predicted octanol–water partition coefficient (Wildman–Crippen LogP) is 1.43. The minimum Gasteiger partial charge on any atom is -0.326 e. The summed E-state index contributed by atoms with van der Waals surface area (Å²) < 4.78 is 13.7. The summed E-state index contributed by atoms with van der Waals surface area (Å²) in [6.07, 6.45) is 0. The van der Waals surface area contributed by atoms with Gasteiger partial charge in [0, 0.05) is 30.7 Å². The average molecular weight is 297 g/mol. The van der Waals surface area contributed by atoms with Crippen LogP contribution in [0.15, 0.2) is 18.2 Å². The number of hydrogen-bond donors (Lipinski definition) is 3. The van der Waals surface area contributed by atoms with Crippen molar-refractivity contribution in [3.05, 3.63) is 24.0 Å². The van der Waals surface area contributed by atoms with Gasteiger partial charge in [-0.3, -0.25) is 9.59 Å². The molecule has 1 saturated heterocycles. The third-order valence-electron chi connectivity index (χ3n) is 2.78. The van der Waals surface area contributed by atoms with Gasteiger partial charge in [-0.25, -0.2) is 4.39 Å². The largest absolute Gasteiger partial charge is 0.326 e. The zero-order valence-electron chi connectivity index (χ0n) is 11.0. The summed E-state index contributed by atoms with van der Waals surface area (Å²) in [5.41, 5.74) is 0.513. The highest BCUT2D eigenvalue weighted by Crippen LogP contribution is 2.20. The third kappa shape index (κ3) is 3.94. The molecule has 1 atom stereocenters. The number of benzene rings is 1. The summed E-state index contributed by atoms with van der Waals surface area (Å²) in [7, 11) is 0. The van der Waals surface area contributed by atoms with Crippen molar-refractivity contribution in [2.24, 2.45) is 0 Å². The summed E-state index contributed by atoms with van der Waals surface area (Å²) >= 11 is 1.68. The first-order valence-corrected chi connectivity index (χ1v) is 7.41. The number of thioether (sulfide) groups is 1. The molecule has 108 valence electrons. The van der Waals surface area contributed by atoms with E-state index in [4.69, 9.17) is 0 Å². The Balaban J connectivity index is 2.07. The second-order valence-electron chi connectivity index (χ2n) is 4.45. The Kier molecular flexibility index (Phi) is 4.97. The van der Waals surface area contributed by atoms with Crippen molar-refractivity contribution in [2.45, 2.75) is 13.0 Å². The van der Waals surface area contributed by atoms with Crippen molar-refractivity contribution in [3.8, 4) is 0 Å². The lowest BCUT2D eigenvalue weighted by atomic mass is 10.2. The summed E-state index contributed by atoms with van der Waals surface area (Å²) in [5, 5.41) is 8.18. The molecule has 1 unspecified atom stereocenters. The van der Waals surface area contributed by atoms with E-state index >= 15 is 0 Å². The lowest BCUT2D eigenvalue weighted by Crippen LogP contribution is -2.46. The smallest absolute Gasteiger partial charge is 0.242 e. The van der Waals surface area contributed by atoms with Crippen LogP contribution >= 0.6 is 11.8 Å². The van der Waals surface area contributed by atoms with E-state index in [0.29, 0.717) is 11.4 Å². The normalized spacial score (nSPS) is 18.4. The van der Waals surface area contributed by atoms with Crippen LogP contribution in [0.5, 0.6) is 0 Å². The number of nitrogens with one attached hydrogen (secondary N) is 3. The Morgan fingerprint density at radius 1 is 1.40 bits per heavy atom. The predicted molar refractivity (Wildman–Crippen MR) is 78.4 cm³/mol. The molecule has 1 aliphatic rings. The monoisotopic (exact) mass is 297 g/mol. The number of anilines is 2. The molecule has 0 spiro atoms. The van der Waals surface area contributed by atoms with Gasteiger partial charge in [-0.05, 0) is 18.2 Å². The van der Waals surface area contributed by atoms with E-state index in [0.717, 1.165) is 12.3 Å². The van der Waals surface area contributed by atoms with Crippen molar-refractivity contribution >= 4 is 35.0 Å². The van der Waals surface area contributed by atoms with Gasteiger partial charge in [0.15, 0.2) is 0 Å². The van der Waals surface area contributed by atoms with Crippen LogP contribution in [0.2, 0.25) is 0 Å². The topological polar surface area (TPSA) is 70.2 Å². The van der Waals surface area contributed by atoms with Gasteiger partial charge in [0.2, 0.25) is 11.8 Å².